The van der Waals surface area contributed by atoms with E-state index in [2.05, 4.69) is 15.6 Å². The van der Waals surface area contributed by atoms with Crippen LogP contribution in [0.15, 0.2) is 48.8 Å². The van der Waals surface area contributed by atoms with Crippen LogP contribution in [0.3, 0.4) is 0 Å². The lowest BCUT2D eigenvalue weighted by atomic mass is 10.0. The molecule has 25 heavy (non-hydrogen) atoms. The van der Waals surface area contributed by atoms with E-state index in [1.807, 2.05) is 50.2 Å². The van der Waals surface area contributed by atoms with Crippen LogP contribution in [0.5, 0.6) is 0 Å². The van der Waals surface area contributed by atoms with E-state index in [1.165, 1.54) is 6.20 Å². The van der Waals surface area contributed by atoms with E-state index in [9.17, 15) is 9.59 Å². The van der Waals surface area contributed by atoms with E-state index in [0.29, 0.717) is 18.7 Å². The summed E-state index contributed by atoms with van der Waals surface area (Å²) in [5.74, 6) is -0.297. The standard InChI is InChI=1S/C19H24N4O2/c1-14-6-8-15(9-7-14)17(23(2)3)19(25)22-12-11-21-18(24)16-5-4-10-20-13-16/h4-10,13,17H,11-12H2,1-3H3,(H,21,24)(H,22,25)/t17-/m1/s1. The van der Waals surface area contributed by atoms with Crippen molar-refractivity contribution in [3.8, 4) is 0 Å². The van der Waals surface area contributed by atoms with Gasteiger partial charge < -0.3 is 10.6 Å². The van der Waals surface area contributed by atoms with Gasteiger partial charge in [0.25, 0.3) is 5.91 Å². The number of nitrogens with one attached hydrogen (secondary N) is 2. The van der Waals surface area contributed by atoms with Crippen LogP contribution >= 0.6 is 0 Å². The van der Waals surface area contributed by atoms with Gasteiger partial charge in [-0.15, -0.1) is 0 Å². The Balaban J connectivity index is 1.85. The Morgan fingerprint density at radius 2 is 1.76 bits per heavy atom. The van der Waals surface area contributed by atoms with Crippen LogP contribution in [0.25, 0.3) is 0 Å². The van der Waals surface area contributed by atoms with Gasteiger partial charge in [0.05, 0.1) is 5.56 Å². The van der Waals surface area contributed by atoms with E-state index < -0.39 is 0 Å². The largest absolute Gasteiger partial charge is 0.353 e. The molecule has 2 rings (SSSR count). The van der Waals surface area contributed by atoms with E-state index in [1.54, 1.807) is 18.3 Å². The van der Waals surface area contributed by atoms with Crippen LogP contribution in [-0.2, 0) is 4.79 Å². The minimum atomic E-state index is -0.366. The highest BCUT2D eigenvalue weighted by molar-refractivity contribution is 5.93. The first-order valence-electron chi connectivity index (χ1n) is 8.18. The summed E-state index contributed by atoms with van der Waals surface area (Å²) in [7, 11) is 3.74. The highest BCUT2D eigenvalue weighted by atomic mass is 16.2. The predicted molar refractivity (Wildman–Crippen MR) is 97.2 cm³/mol. The molecule has 6 heteroatoms. The fourth-order valence-corrected chi connectivity index (χ4v) is 2.49. The van der Waals surface area contributed by atoms with Gasteiger partial charge in [0.2, 0.25) is 5.91 Å². The molecule has 0 spiro atoms. The fraction of sp³-hybridized carbons (Fsp3) is 0.316. The molecule has 2 amide bonds. The SMILES string of the molecule is Cc1ccc([C@H](C(=O)NCCNC(=O)c2cccnc2)N(C)C)cc1. The molecular formula is C19H24N4O2. The highest BCUT2D eigenvalue weighted by Gasteiger charge is 2.22. The predicted octanol–water partition coefficient (Wildman–Crippen LogP) is 1.54. The summed E-state index contributed by atoms with van der Waals surface area (Å²) in [6, 6.07) is 10.9. The third kappa shape index (κ3) is 5.39. The Morgan fingerprint density at radius 3 is 2.36 bits per heavy atom. The van der Waals surface area contributed by atoms with Crippen molar-refractivity contribution in [2.24, 2.45) is 0 Å². The molecule has 0 bridgehead atoms. The zero-order valence-electron chi connectivity index (χ0n) is 14.8. The van der Waals surface area contributed by atoms with Gasteiger partial charge >= 0.3 is 0 Å². The van der Waals surface area contributed by atoms with Crippen molar-refractivity contribution in [3.63, 3.8) is 0 Å². The summed E-state index contributed by atoms with van der Waals surface area (Å²) in [5, 5.41) is 5.64. The Bertz CT molecular complexity index is 699. The molecule has 0 fully saturated rings. The first kappa shape index (κ1) is 18.6. The van der Waals surface area contributed by atoms with Gasteiger partial charge in [-0.3, -0.25) is 19.5 Å². The van der Waals surface area contributed by atoms with Crippen LogP contribution in [0.4, 0.5) is 0 Å². The van der Waals surface area contributed by atoms with E-state index >= 15 is 0 Å². The van der Waals surface area contributed by atoms with Crippen molar-refractivity contribution in [1.82, 2.24) is 20.5 Å². The summed E-state index contributed by atoms with van der Waals surface area (Å²) in [6.07, 6.45) is 3.12. The number of likely N-dealkylation sites (N-methyl/N-ethyl adjacent to an activating group) is 1. The van der Waals surface area contributed by atoms with Crippen LogP contribution in [0, 0.1) is 6.92 Å². The molecule has 6 nitrogen and oxygen atoms in total. The molecule has 1 heterocycles. The Morgan fingerprint density at radius 1 is 1.08 bits per heavy atom. The number of amides is 2. The van der Waals surface area contributed by atoms with Crippen molar-refractivity contribution in [2.45, 2.75) is 13.0 Å². The van der Waals surface area contributed by atoms with Crippen molar-refractivity contribution >= 4 is 11.8 Å². The minimum absolute atomic E-state index is 0.0931. The Labute approximate surface area is 148 Å². The Kier molecular flexibility index (Phi) is 6.65. The third-order valence-corrected chi connectivity index (χ3v) is 3.79. The zero-order chi connectivity index (χ0) is 18.2. The van der Waals surface area contributed by atoms with Crippen molar-refractivity contribution in [2.75, 3.05) is 27.2 Å². The molecule has 0 saturated heterocycles. The normalized spacial score (nSPS) is 11.8. The molecule has 2 N–H and O–H groups in total. The van der Waals surface area contributed by atoms with E-state index in [0.717, 1.165) is 11.1 Å². The molecule has 0 aliphatic rings. The number of aryl methyl sites for hydroxylation is 1. The first-order chi connectivity index (χ1) is 12.0. The second-order valence-corrected chi connectivity index (χ2v) is 6.07. The van der Waals surface area contributed by atoms with Gasteiger partial charge in [-0.2, -0.15) is 0 Å². The summed E-state index contributed by atoms with van der Waals surface area (Å²) in [5.41, 5.74) is 2.59. The molecule has 1 aromatic carbocycles. The number of rotatable bonds is 7. The number of carbonyl (C=O) groups is 2. The maximum atomic E-state index is 12.5. The number of aromatic nitrogens is 1. The van der Waals surface area contributed by atoms with Crippen molar-refractivity contribution in [1.29, 1.82) is 0 Å². The summed E-state index contributed by atoms with van der Waals surface area (Å²) >= 11 is 0. The second kappa shape index (κ2) is 8.94. The molecule has 0 radical (unpaired) electrons. The van der Waals surface area contributed by atoms with Gasteiger partial charge in [0.15, 0.2) is 0 Å². The van der Waals surface area contributed by atoms with Gasteiger partial charge in [-0.25, -0.2) is 0 Å². The lowest BCUT2D eigenvalue weighted by Gasteiger charge is -2.24. The molecular weight excluding hydrogens is 316 g/mol. The van der Waals surface area contributed by atoms with Crippen molar-refractivity contribution < 1.29 is 9.59 Å². The summed E-state index contributed by atoms with van der Waals surface area (Å²) < 4.78 is 0. The third-order valence-electron chi connectivity index (χ3n) is 3.79. The number of carbonyl (C=O) groups excluding carboxylic acids is 2. The summed E-state index contributed by atoms with van der Waals surface area (Å²) in [6.45, 7) is 2.73. The first-order valence-corrected chi connectivity index (χ1v) is 8.18. The average molecular weight is 340 g/mol. The monoisotopic (exact) mass is 340 g/mol. The van der Waals surface area contributed by atoms with Gasteiger partial charge in [0.1, 0.15) is 6.04 Å². The zero-order valence-corrected chi connectivity index (χ0v) is 14.8. The fourth-order valence-electron chi connectivity index (χ4n) is 2.49. The van der Waals surface area contributed by atoms with Crippen LogP contribution in [-0.4, -0.2) is 48.9 Å². The molecule has 0 aliphatic carbocycles. The maximum absolute atomic E-state index is 12.5. The molecule has 132 valence electrons. The highest BCUT2D eigenvalue weighted by Crippen LogP contribution is 2.18. The number of pyridine rings is 1. The molecule has 2 aromatic rings. The lowest BCUT2D eigenvalue weighted by molar-refractivity contribution is -0.125. The minimum Gasteiger partial charge on any atom is -0.353 e. The number of benzene rings is 1. The summed E-state index contributed by atoms with van der Waals surface area (Å²) in [4.78, 5) is 30.2. The van der Waals surface area contributed by atoms with E-state index in [-0.39, 0.29) is 17.9 Å². The molecule has 0 unspecified atom stereocenters. The number of hydrogen-bond acceptors (Lipinski definition) is 4. The molecule has 1 atom stereocenters. The second-order valence-electron chi connectivity index (χ2n) is 6.07. The molecule has 1 aromatic heterocycles. The number of hydrogen-bond donors (Lipinski definition) is 2. The van der Waals surface area contributed by atoms with Crippen molar-refractivity contribution in [3.05, 3.63) is 65.5 Å². The van der Waals surface area contributed by atoms with Gasteiger partial charge in [-0.1, -0.05) is 29.8 Å². The molecule has 0 saturated carbocycles. The number of nitrogens with zero attached hydrogens (tertiary/aromatic N) is 2. The maximum Gasteiger partial charge on any atom is 0.252 e. The Hall–Kier alpha value is -2.73. The van der Waals surface area contributed by atoms with Gasteiger partial charge in [-0.05, 0) is 38.7 Å². The average Bonchev–Trinajstić information content (AvgIpc) is 2.61. The van der Waals surface area contributed by atoms with Crippen LogP contribution in [0.1, 0.15) is 27.5 Å². The van der Waals surface area contributed by atoms with Crippen LogP contribution in [0.2, 0.25) is 0 Å². The lowest BCUT2D eigenvalue weighted by Crippen LogP contribution is -2.40. The quantitative estimate of drug-likeness (QED) is 0.750. The topological polar surface area (TPSA) is 74.3 Å². The molecule has 0 aliphatic heterocycles. The van der Waals surface area contributed by atoms with E-state index in [4.69, 9.17) is 0 Å². The van der Waals surface area contributed by atoms with Gasteiger partial charge in [0, 0.05) is 25.5 Å². The smallest absolute Gasteiger partial charge is 0.252 e. The van der Waals surface area contributed by atoms with Crippen LogP contribution < -0.4 is 10.6 Å².